The highest BCUT2D eigenvalue weighted by Crippen LogP contribution is 2.13. The molecule has 1 fully saturated rings. The number of methoxy groups -OCH3 is 1. The van der Waals surface area contributed by atoms with E-state index in [0.29, 0.717) is 6.04 Å². The molecule has 128 valence electrons. The van der Waals surface area contributed by atoms with E-state index in [9.17, 15) is 0 Å². The van der Waals surface area contributed by atoms with Gasteiger partial charge in [0.05, 0.1) is 7.11 Å². The zero-order valence-electron chi connectivity index (χ0n) is 14.6. The number of hydrogen-bond donors (Lipinski definition) is 2. The molecule has 23 heavy (non-hydrogen) atoms. The Hall–Kier alpha value is -1.75. The summed E-state index contributed by atoms with van der Waals surface area (Å²) < 4.78 is 5.18. The van der Waals surface area contributed by atoms with Crippen molar-refractivity contribution in [2.75, 3.05) is 33.8 Å². The van der Waals surface area contributed by atoms with E-state index in [4.69, 9.17) is 4.74 Å². The van der Waals surface area contributed by atoms with Gasteiger partial charge in [-0.3, -0.25) is 9.89 Å². The minimum atomic E-state index is 0.594. The molecule has 1 saturated heterocycles. The van der Waals surface area contributed by atoms with Crippen molar-refractivity contribution in [3.8, 4) is 5.75 Å². The molecule has 2 rings (SSSR count). The third-order valence-electron chi connectivity index (χ3n) is 4.48. The highest BCUT2D eigenvalue weighted by atomic mass is 16.5. The van der Waals surface area contributed by atoms with Crippen LogP contribution in [0.3, 0.4) is 0 Å². The van der Waals surface area contributed by atoms with Crippen LogP contribution in [0.25, 0.3) is 0 Å². The quantitative estimate of drug-likeness (QED) is 0.598. The maximum atomic E-state index is 5.18. The van der Waals surface area contributed by atoms with Gasteiger partial charge >= 0.3 is 0 Å². The van der Waals surface area contributed by atoms with Crippen LogP contribution in [-0.4, -0.2) is 50.7 Å². The van der Waals surface area contributed by atoms with Crippen molar-refractivity contribution < 1.29 is 4.74 Å². The average molecular weight is 318 g/mol. The van der Waals surface area contributed by atoms with Gasteiger partial charge in [0.25, 0.3) is 0 Å². The Morgan fingerprint density at radius 3 is 2.48 bits per heavy atom. The van der Waals surface area contributed by atoms with E-state index >= 15 is 0 Å². The highest BCUT2D eigenvalue weighted by molar-refractivity contribution is 5.79. The van der Waals surface area contributed by atoms with Crippen molar-refractivity contribution in [1.82, 2.24) is 15.5 Å². The maximum absolute atomic E-state index is 5.18. The minimum absolute atomic E-state index is 0.594. The van der Waals surface area contributed by atoms with E-state index in [1.807, 2.05) is 19.2 Å². The zero-order valence-corrected chi connectivity index (χ0v) is 14.6. The van der Waals surface area contributed by atoms with E-state index in [0.717, 1.165) is 24.8 Å². The van der Waals surface area contributed by atoms with Gasteiger partial charge in [0.1, 0.15) is 5.75 Å². The molecule has 0 amide bonds. The highest BCUT2D eigenvalue weighted by Gasteiger charge is 2.20. The molecule has 5 heteroatoms. The van der Waals surface area contributed by atoms with Gasteiger partial charge in [-0.25, -0.2) is 0 Å². The van der Waals surface area contributed by atoms with Gasteiger partial charge in [0.2, 0.25) is 0 Å². The van der Waals surface area contributed by atoms with E-state index in [2.05, 4.69) is 39.6 Å². The first kappa shape index (κ1) is 17.6. The average Bonchev–Trinajstić information content (AvgIpc) is 3.13. The van der Waals surface area contributed by atoms with E-state index in [1.165, 1.54) is 37.9 Å². The maximum Gasteiger partial charge on any atom is 0.191 e. The van der Waals surface area contributed by atoms with Crippen molar-refractivity contribution in [1.29, 1.82) is 0 Å². The minimum Gasteiger partial charge on any atom is -0.497 e. The number of ether oxygens (including phenoxy) is 1. The van der Waals surface area contributed by atoms with Gasteiger partial charge in [-0.05, 0) is 50.0 Å². The molecule has 1 heterocycles. The molecule has 2 N–H and O–H groups in total. The SMILES string of the molecule is CCC(CNC(=NC)NCc1ccc(OC)cc1)N1CCCC1. The van der Waals surface area contributed by atoms with Gasteiger partial charge in [0, 0.05) is 26.2 Å². The molecule has 0 aromatic heterocycles. The number of nitrogens with zero attached hydrogens (tertiary/aromatic N) is 2. The summed E-state index contributed by atoms with van der Waals surface area (Å²) in [5, 5.41) is 6.84. The lowest BCUT2D eigenvalue weighted by Crippen LogP contribution is -2.46. The number of guanidine groups is 1. The summed E-state index contributed by atoms with van der Waals surface area (Å²) in [6.45, 7) is 6.43. The summed E-state index contributed by atoms with van der Waals surface area (Å²) in [6, 6.07) is 8.69. The molecule has 1 atom stereocenters. The molecule has 1 aromatic carbocycles. The van der Waals surface area contributed by atoms with Crippen LogP contribution in [-0.2, 0) is 6.54 Å². The molecule has 0 radical (unpaired) electrons. The first-order valence-corrected chi connectivity index (χ1v) is 8.58. The summed E-state index contributed by atoms with van der Waals surface area (Å²) in [6.07, 6.45) is 3.84. The van der Waals surface area contributed by atoms with Gasteiger partial charge in [-0.15, -0.1) is 0 Å². The van der Waals surface area contributed by atoms with Gasteiger partial charge in [-0.2, -0.15) is 0 Å². The third kappa shape index (κ3) is 5.43. The normalized spacial score (nSPS) is 17.1. The third-order valence-corrected chi connectivity index (χ3v) is 4.48. The summed E-state index contributed by atoms with van der Waals surface area (Å²) in [5.74, 6) is 1.74. The second-order valence-corrected chi connectivity index (χ2v) is 5.96. The van der Waals surface area contributed by atoms with Crippen molar-refractivity contribution in [3.05, 3.63) is 29.8 Å². The Bertz CT molecular complexity index is 480. The predicted molar refractivity (Wildman–Crippen MR) is 96.1 cm³/mol. The Kier molecular flexibility index (Phi) is 7.20. The second kappa shape index (κ2) is 9.40. The van der Waals surface area contributed by atoms with Crippen molar-refractivity contribution >= 4 is 5.96 Å². The number of rotatable bonds is 7. The van der Waals surface area contributed by atoms with Crippen LogP contribution in [0.2, 0.25) is 0 Å². The topological polar surface area (TPSA) is 48.9 Å². The lowest BCUT2D eigenvalue weighted by Gasteiger charge is -2.27. The van der Waals surface area contributed by atoms with Crippen LogP contribution < -0.4 is 15.4 Å². The fraction of sp³-hybridized carbons (Fsp3) is 0.611. The molecule has 1 aromatic rings. The number of benzene rings is 1. The van der Waals surface area contributed by atoms with Crippen LogP contribution in [0, 0.1) is 0 Å². The molecule has 5 nitrogen and oxygen atoms in total. The predicted octanol–water partition coefficient (Wildman–Crippen LogP) is 2.23. The number of likely N-dealkylation sites (tertiary alicyclic amines) is 1. The molecular formula is C18H30N4O. The molecule has 0 bridgehead atoms. The summed E-state index contributed by atoms with van der Waals surface area (Å²) >= 11 is 0. The number of aliphatic imine (C=N–C) groups is 1. The molecule has 0 spiro atoms. The Morgan fingerprint density at radius 2 is 1.91 bits per heavy atom. The van der Waals surface area contributed by atoms with Crippen LogP contribution in [0.5, 0.6) is 5.75 Å². The van der Waals surface area contributed by atoms with E-state index < -0.39 is 0 Å². The Labute approximate surface area is 140 Å². The lowest BCUT2D eigenvalue weighted by molar-refractivity contribution is 0.236. The molecule has 1 unspecified atom stereocenters. The van der Waals surface area contributed by atoms with Gasteiger partial charge in [0.15, 0.2) is 5.96 Å². The summed E-state index contributed by atoms with van der Waals surface area (Å²) in [5.41, 5.74) is 1.21. The van der Waals surface area contributed by atoms with Gasteiger partial charge in [-0.1, -0.05) is 19.1 Å². The molecule has 0 aliphatic carbocycles. The Balaban J connectivity index is 1.77. The van der Waals surface area contributed by atoms with Crippen LogP contribution >= 0.6 is 0 Å². The van der Waals surface area contributed by atoms with Crippen molar-refractivity contribution in [3.63, 3.8) is 0 Å². The molecule has 1 aliphatic rings. The first-order chi connectivity index (χ1) is 11.3. The summed E-state index contributed by atoms with van der Waals surface area (Å²) in [4.78, 5) is 6.91. The number of hydrogen-bond acceptors (Lipinski definition) is 3. The second-order valence-electron chi connectivity index (χ2n) is 5.96. The number of nitrogens with one attached hydrogen (secondary N) is 2. The Morgan fingerprint density at radius 1 is 1.22 bits per heavy atom. The monoisotopic (exact) mass is 318 g/mol. The lowest BCUT2D eigenvalue weighted by atomic mass is 10.2. The fourth-order valence-electron chi connectivity index (χ4n) is 3.00. The largest absolute Gasteiger partial charge is 0.497 e. The van der Waals surface area contributed by atoms with Crippen LogP contribution in [0.15, 0.2) is 29.3 Å². The van der Waals surface area contributed by atoms with Gasteiger partial charge < -0.3 is 15.4 Å². The van der Waals surface area contributed by atoms with Crippen molar-refractivity contribution in [2.24, 2.45) is 4.99 Å². The molecule has 1 aliphatic heterocycles. The van der Waals surface area contributed by atoms with E-state index in [-0.39, 0.29) is 0 Å². The fourth-order valence-corrected chi connectivity index (χ4v) is 3.00. The van der Waals surface area contributed by atoms with Crippen LogP contribution in [0.1, 0.15) is 31.7 Å². The smallest absolute Gasteiger partial charge is 0.191 e. The summed E-state index contributed by atoms with van der Waals surface area (Å²) in [7, 11) is 3.50. The van der Waals surface area contributed by atoms with Crippen LogP contribution in [0.4, 0.5) is 0 Å². The first-order valence-electron chi connectivity index (χ1n) is 8.58. The van der Waals surface area contributed by atoms with E-state index in [1.54, 1.807) is 7.11 Å². The van der Waals surface area contributed by atoms with Crippen molar-refractivity contribution in [2.45, 2.75) is 38.8 Å². The zero-order chi connectivity index (χ0) is 16.5. The standard InChI is InChI=1S/C18H30N4O/c1-4-16(22-11-5-6-12-22)14-21-18(19-2)20-13-15-7-9-17(23-3)10-8-15/h7-10,16H,4-6,11-14H2,1-3H3,(H2,19,20,21). The molecular weight excluding hydrogens is 288 g/mol. The molecule has 0 saturated carbocycles.